The van der Waals surface area contributed by atoms with Crippen LogP contribution in [0.1, 0.15) is 17.2 Å². The van der Waals surface area contributed by atoms with Crippen molar-refractivity contribution >= 4 is 11.0 Å². The zero-order valence-corrected chi connectivity index (χ0v) is 10.1. The molecule has 3 aromatic rings. The minimum absolute atomic E-state index is 0.00852. The Bertz CT molecular complexity index is 746. The van der Waals surface area contributed by atoms with Crippen molar-refractivity contribution in [3.8, 4) is 0 Å². The van der Waals surface area contributed by atoms with Crippen molar-refractivity contribution in [3.63, 3.8) is 0 Å². The predicted octanol–water partition coefficient (Wildman–Crippen LogP) is 0.737. The van der Waals surface area contributed by atoms with Gasteiger partial charge in [0.05, 0.1) is 16.7 Å². The van der Waals surface area contributed by atoms with Gasteiger partial charge in [-0.1, -0.05) is 6.07 Å². The third-order valence-corrected chi connectivity index (χ3v) is 3.14. The maximum atomic E-state index is 11.3. The Morgan fingerprint density at radius 2 is 2.05 bits per heavy atom. The Morgan fingerprint density at radius 3 is 2.79 bits per heavy atom. The molecule has 2 heterocycles. The van der Waals surface area contributed by atoms with Gasteiger partial charge < -0.3 is 15.7 Å². The van der Waals surface area contributed by atoms with Gasteiger partial charge in [-0.05, 0) is 23.8 Å². The molecule has 0 saturated heterocycles. The van der Waals surface area contributed by atoms with Crippen molar-refractivity contribution in [2.75, 3.05) is 6.54 Å². The van der Waals surface area contributed by atoms with Crippen LogP contribution in [0.5, 0.6) is 0 Å². The van der Waals surface area contributed by atoms with Gasteiger partial charge in [0.25, 0.3) is 0 Å². The second-order valence-corrected chi connectivity index (χ2v) is 4.31. The topological polar surface area (TPSA) is 100 Å². The van der Waals surface area contributed by atoms with Crippen molar-refractivity contribution in [2.24, 2.45) is 5.73 Å². The number of nitrogens with zero attached hydrogens (tertiary/aromatic N) is 2. The number of aromatic amines is 2. The van der Waals surface area contributed by atoms with Crippen LogP contribution in [-0.2, 0) is 0 Å². The first-order valence-electron chi connectivity index (χ1n) is 5.96. The molecule has 0 aliphatic heterocycles. The SMILES string of the molecule is NCC(c1ccc2[nH]c(=O)[nH]c2c1)c1ccncn1. The zero-order valence-electron chi connectivity index (χ0n) is 10.1. The monoisotopic (exact) mass is 255 g/mol. The zero-order chi connectivity index (χ0) is 13.2. The van der Waals surface area contributed by atoms with Gasteiger partial charge in [0.1, 0.15) is 6.33 Å². The van der Waals surface area contributed by atoms with Crippen LogP contribution in [0, 0.1) is 0 Å². The molecule has 0 aliphatic rings. The number of H-pyrrole nitrogens is 2. The number of nitrogens with one attached hydrogen (secondary N) is 2. The van der Waals surface area contributed by atoms with Gasteiger partial charge >= 0.3 is 5.69 Å². The number of benzene rings is 1. The fourth-order valence-electron chi connectivity index (χ4n) is 2.20. The molecule has 1 atom stereocenters. The Morgan fingerprint density at radius 1 is 1.21 bits per heavy atom. The summed E-state index contributed by atoms with van der Waals surface area (Å²) in [6.07, 6.45) is 3.20. The van der Waals surface area contributed by atoms with Crippen LogP contribution in [0.2, 0.25) is 0 Å². The highest BCUT2D eigenvalue weighted by Crippen LogP contribution is 2.23. The summed E-state index contributed by atoms with van der Waals surface area (Å²) >= 11 is 0. The summed E-state index contributed by atoms with van der Waals surface area (Å²) in [5.41, 5.74) is 9.08. The van der Waals surface area contributed by atoms with E-state index in [2.05, 4.69) is 19.9 Å². The van der Waals surface area contributed by atoms with E-state index in [9.17, 15) is 4.79 Å². The van der Waals surface area contributed by atoms with E-state index in [1.54, 1.807) is 6.20 Å². The minimum atomic E-state index is -0.210. The largest absolute Gasteiger partial charge is 0.329 e. The molecule has 96 valence electrons. The first kappa shape index (κ1) is 11.6. The number of hydrogen-bond donors (Lipinski definition) is 3. The minimum Gasteiger partial charge on any atom is -0.329 e. The maximum absolute atomic E-state index is 11.3. The molecule has 0 bridgehead atoms. The van der Waals surface area contributed by atoms with Crippen LogP contribution in [-0.4, -0.2) is 26.5 Å². The first-order chi connectivity index (χ1) is 9.28. The Balaban J connectivity index is 2.08. The van der Waals surface area contributed by atoms with E-state index in [1.807, 2.05) is 24.3 Å². The van der Waals surface area contributed by atoms with Gasteiger partial charge in [-0.2, -0.15) is 0 Å². The highest BCUT2D eigenvalue weighted by atomic mass is 16.1. The quantitative estimate of drug-likeness (QED) is 0.642. The van der Waals surface area contributed by atoms with Crippen molar-refractivity contribution in [2.45, 2.75) is 5.92 Å². The van der Waals surface area contributed by atoms with E-state index in [0.717, 1.165) is 22.3 Å². The second-order valence-electron chi connectivity index (χ2n) is 4.31. The van der Waals surface area contributed by atoms with E-state index in [4.69, 9.17) is 5.73 Å². The molecule has 0 amide bonds. The van der Waals surface area contributed by atoms with Gasteiger partial charge in [0.15, 0.2) is 0 Å². The Labute approximate surface area is 108 Å². The molecule has 1 aromatic carbocycles. The van der Waals surface area contributed by atoms with E-state index in [0.29, 0.717) is 6.54 Å². The summed E-state index contributed by atoms with van der Waals surface area (Å²) in [6, 6.07) is 7.59. The lowest BCUT2D eigenvalue weighted by atomic mass is 9.95. The van der Waals surface area contributed by atoms with E-state index < -0.39 is 0 Å². The average Bonchev–Trinajstić information content (AvgIpc) is 2.80. The van der Waals surface area contributed by atoms with Gasteiger partial charge in [-0.15, -0.1) is 0 Å². The Hall–Kier alpha value is -2.47. The number of nitrogens with two attached hydrogens (primary N) is 1. The fraction of sp³-hybridized carbons (Fsp3) is 0.154. The van der Waals surface area contributed by atoms with Gasteiger partial charge in [-0.3, -0.25) is 0 Å². The third-order valence-electron chi connectivity index (χ3n) is 3.14. The average molecular weight is 255 g/mol. The molecule has 0 radical (unpaired) electrons. The summed E-state index contributed by atoms with van der Waals surface area (Å²) in [5, 5.41) is 0. The molecular weight excluding hydrogens is 242 g/mol. The molecule has 0 fully saturated rings. The number of aromatic nitrogens is 4. The summed E-state index contributed by atoms with van der Waals surface area (Å²) in [5.74, 6) is -0.00852. The molecule has 6 heteroatoms. The lowest BCUT2D eigenvalue weighted by Gasteiger charge is -2.14. The normalized spacial score (nSPS) is 12.7. The molecular formula is C13H13N5O. The van der Waals surface area contributed by atoms with Crippen LogP contribution in [0.3, 0.4) is 0 Å². The summed E-state index contributed by atoms with van der Waals surface area (Å²) in [4.78, 5) is 24.9. The predicted molar refractivity (Wildman–Crippen MR) is 71.8 cm³/mol. The molecule has 3 rings (SSSR count). The molecule has 1 unspecified atom stereocenters. The summed E-state index contributed by atoms with van der Waals surface area (Å²) in [7, 11) is 0. The van der Waals surface area contributed by atoms with Gasteiger partial charge in [0.2, 0.25) is 0 Å². The van der Waals surface area contributed by atoms with Crippen molar-refractivity contribution in [3.05, 3.63) is 58.5 Å². The molecule has 0 spiro atoms. The number of hydrogen-bond acceptors (Lipinski definition) is 4. The molecule has 4 N–H and O–H groups in total. The van der Waals surface area contributed by atoms with E-state index >= 15 is 0 Å². The summed E-state index contributed by atoms with van der Waals surface area (Å²) < 4.78 is 0. The smallest absolute Gasteiger partial charge is 0.323 e. The van der Waals surface area contributed by atoms with Crippen LogP contribution in [0.25, 0.3) is 11.0 Å². The van der Waals surface area contributed by atoms with Crippen LogP contribution in [0.15, 0.2) is 41.6 Å². The molecule has 19 heavy (non-hydrogen) atoms. The van der Waals surface area contributed by atoms with Crippen LogP contribution in [0.4, 0.5) is 0 Å². The molecule has 6 nitrogen and oxygen atoms in total. The third kappa shape index (κ3) is 2.13. The lowest BCUT2D eigenvalue weighted by molar-refractivity contribution is 0.782. The molecule has 0 saturated carbocycles. The van der Waals surface area contributed by atoms with E-state index in [1.165, 1.54) is 6.33 Å². The van der Waals surface area contributed by atoms with Gasteiger partial charge in [-0.25, -0.2) is 14.8 Å². The lowest BCUT2D eigenvalue weighted by Crippen LogP contribution is -2.15. The first-order valence-corrected chi connectivity index (χ1v) is 5.96. The van der Waals surface area contributed by atoms with Crippen molar-refractivity contribution in [1.29, 1.82) is 0 Å². The summed E-state index contributed by atoms with van der Waals surface area (Å²) in [6.45, 7) is 0.442. The maximum Gasteiger partial charge on any atom is 0.323 e. The standard InChI is InChI=1S/C13H13N5O/c14-6-9(10-3-4-15-7-16-10)8-1-2-11-12(5-8)18-13(19)17-11/h1-5,7,9H,6,14H2,(H2,17,18,19). The molecule has 2 aromatic heterocycles. The van der Waals surface area contributed by atoms with Gasteiger partial charge in [0, 0.05) is 18.7 Å². The van der Waals surface area contributed by atoms with Crippen LogP contribution < -0.4 is 11.4 Å². The van der Waals surface area contributed by atoms with E-state index in [-0.39, 0.29) is 11.6 Å². The Kier molecular flexibility index (Phi) is 2.85. The highest BCUT2D eigenvalue weighted by molar-refractivity contribution is 5.75. The second kappa shape index (κ2) is 4.66. The van der Waals surface area contributed by atoms with Crippen molar-refractivity contribution < 1.29 is 0 Å². The number of imidazole rings is 1. The highest BCUT2D eigenvalue weighted by Gasteiger charge is 2.14. The molecule has 0 aliphatic carbocycles. The number of fused-ring (bicyclic) bond motifs is 1. The number of rotatable bonds is 3. The van der Waals surface area contributed by atoms with Crippen LogP contribution >= 0.6 is 0 Å². The fourth-order valence-corrected chi connectivity index (χ4v) is 2.20. The van der Waals surface area contributed by atoms with Crippen molar-refractivity contribution in [1.82, 2.24) is 19.9 Å².